The van der Waals surface area contributed by atoms with Gasteiger partial charge in [-0.2, -0.15) is 0 Å². The summed E-state index contributed by atoms with van der Waals surface area (Å²) < 4.78 is 22.0. The van der Waals surface area contributed by atoms with Gasteiger partial charge in [0.1, 0.15) is 0 Å². The van der Waals surface area contributed by atoms with Gasteiger partial charge in [-0.15, -0.1) is 0 Å². The molecule has 0 spiro atoms. The van der Waals surface area contributed by atoms with Crippen molar-refractivity contribution in [3.05, 3.63) is 24.3 Å². The lowest BCUT2D eigenvalue weighted by Crippen LogP contribution is -1.95. The van der Waals surface area contributed by atoms with Crippen LogP contribution in [0.25, 0.3) is 0 Å². The Morgan fingerprint density at radius 1 is 1.25 bits per heavy atom. The molecule has 1 aromatic rings. The van der Waals surface area contributed by atoms with E-state index in [0.717, 1.165) is 0 Å². The van der Waals surface area contributed by atoms with E-state index in [4.69, 9.17) is 0 Å². The number of aliphatic imine (C=N–C) groups is 1. The third-order valence-electron chi connectivity index (χ3n) is 1.45. The minimum atomic E-state index is -3.09. The van der Waals surface area contributed by atoms with Gasteiger partial charge in [0, 0.05) is 6.26 Å². The topological polar surface area (TPSA) is 46.5 Å². The van der Waals surface area contributed by atoms with Crippen LogP contribution < -0.4 is 0 Å². The largest absolute Gasteiger partial charge is 0.265 e. The van der Waals surface area contributed by atoms with Gasteiger partial charge in [-0.3, -0.25) is 4.99 Å². The smallest absolute Gasteiger partial charge is 0.175 e. The standard InChI is InChI=1S/C8H9NO2S/c1-9-7-3-5-8(6-4-7)12(2,10)11/h3-6H,1H2,2H3. The highest BCUT2D eigenvalue weighted by Gasteiger charge is 2.04. The molecule has 0 radical (unpaired) electrons. The highest BCUT2D eigenvalue weighted by atomic mass is 32.2. The molecule has 12 heavy (non-hydrogen) atoms. The van der Waals surface area contributed by atoms with E-state index in [1.807, 2.05) is 0 Å². The fourth-order valence-electron chi connectivity index (χ4n) is 0.799. The second kappa shape index (κ2) is 3.06. The van der Waals surface area contributed by atoms with Crippen molar-refractivity contribution in [3.8, 4) is 0 Å². The van der Waals surface area contributed by atoms with Crippen molar-refractivity contribution in [2.24, 2.45) is 4.99 Å². The van der Waals surface area contributed by atoms with Gasteiger partial charge >= 0.3 is 0 Å². The van der Waals surface area contributed by atoms with E-state index in [2.05, 4.69) is 11.7 Å². The summed E-state index contributed by atoms with van der Waals surface area (Å²) in [6.45, 7) is 3.32. The van der Waals surface area contributed by atoms with Crippen LogP contribution in [0, 0.1) is 0 Å². The van der Waals surface area contributed by atoms with E-state index in [1.54, 1.807) is 12.1 Å². The fraction of sp³-hybridized carbons (Fsp3) is 0.125. The van der Waals surface area contributed by atoms with Gasteiger partial charge in [-0.25, -0.2) is 8.42 Å². The van der Waals surface area contributed by atoms with Crippen molar-refractivity contribution in [2.75, 3.05) is 6.26 Å². The summed E-state index contributed by atoms with van der Waals surface area (Å²) >= 11 is 0. The molecule has 0 aromatic heterocycles. The molecule has 4 heteroatoms. The van der Waals surface area contributed by atoms with Crippen LogP contribution in [0.4, 0.5) is 5.69 Å². The molecule has 1 aromatic carbocycles. The average molecular weight is 183 g/mol. The maximum absolute atomic E-state index is 11.0. The molecule has 0 amide bonds. The van der Waals surface area contributed by atoms with E-state index >= 15 is 0 Å². The van der Waals surface area contributed by atoms with Crippen molar-refractivity contribution in [2.45, 2.75) is 4.90 Å². The maximum Gasteiger partial charge on any atom is 0.175 e. The molecule has 0 saturated heterocycles. The number of sulfone groups is 1. The second-order valence-corrected chi connectivity index (χ2v) is 4.44. The van der Waals surface area contributed by atoms with Crippen molar-refractivity contribution >= 4 is 22.2 Å². The Hall–Kier alpha value is -1.16. The SMILES string of the molecule is C=Nc1ccc(S(C)(=O)=O)cc1. The first-order valence-corrected chi connectivity index (χ1v) is 5.20. The highest BCUT2D eigenvalue weighted by Crippen LogP contribution is 2.15. The monoisotopic (exact) mass is 183 g/mol. The Kier molecular flexibility index (Phi) is 2.28. The van der Waals surface area contributed by atoms with E-state index in [1.165, 1.54) is 18.4 Å². The van der Waals surface area contributed by atoms with Crippen LogP contribution in [0.5, 0.6) is 0 Å². The Labute approximate surface area is 71.7 Å². The Morgan fingerprint density at radius 2 is 1.75 bits per heavy atom. The van der Waals surface area contributed by atoms with Crippen LogP contribution >= 0.6 is 0 Å². The second-order valence-electron chi connectivity index (χ2n) is 2.42. The zero-order valence-corrected chi connectivity index (χ0v) is 7.50. The molecule has 0 N–H and O–H groups in total. The van der Waals surface area contributed by atoms with Crippen LogP contribution in [0.2, 0.25) is 0 Å². The van der Waals surface area contributed by atoms with Crippen LogP contribution in [0.3, 0.4) is 0 Å². The molecular formula is C8H9NO2S. The molecular weight excluding hydrogens is 174 g/mol. The third kappa shape index (κ3) is 1.92. The van der Waals surface area contributed by atoms with Crippen LogP contribution in [0.1, 0.15) is 0 Å². The van der Waals surface area contributed by atoms with Gasteiger partial charge in [0.2, 0.25) is 0 Å². The van der Waals surface area contributed by atoms with Gasteiger partial charge in [0.25, 0.3) is 0 Å². The molecule has 64 valence electrons. The lowest BCUT2D eigenvalue weighted by atomic mass is 10.3. The number of benzene rings is 1. The van der Waals surface area contributed by atoms with Crippen molar-refractivity contribution in [1.29, 1.82) is 0 Å². The van der Waals surface area contributed by atoms with Crippen LogP contribution in [0.15, 0.2) is 34.2 Å². The normalized spacial score (nSPS) is 11.1. The average Bonchev–Trinajstić information content (AvgIpc) is 2.03. The minimum absolute atomic E-state index is 0.301. The Bertz CT molecular complexity index is 378. The first kappa shape index (κ1) is 8.93. The molecule has 0 aliphatic carbocycles. The Morgan fingerprint density at radius 3 is 2.08 bits per heavy atom. The molecule has 0 aliphatic rings. The zero-order valence-electron chi connectivity index (χ0n) is 6.69. The summed E-state index contributed by atoms with van der Waals surface area (Å²) in [6, 6.07) is 6.26. The molecule has 0 bridgehead atoms. The molecule has 0 aliphatic heterocycles. The van der Waals surface area contributed by atoms with E-state index in [9.17, 15) is 8.42 Å². The molecule has 1 rings (SSSR count). The molecule has 0 fully saturated rings. The predicted octanol–water partition coefficient (Wildman–Crippen LogP) is 1.42. The highest BCUT2D eigenvalue weighted by molar-refractivity contribution is 7.90. The van der Waals surface area contributed by atoms with Crippen molar-refractivity contribution in [1.82, 2.24) is 0 Å². The van der Waals surface area contributed by atoms with Crippen molar-refractivity contribution in [3.63, 3.8) is 0 Å². The molecule has 0 saturated carbocycles. The summed E-state index contributed by atoms with van der Waals surface area (Å²) in [5.41, 5.74) is 0.669. The van der Waals surface area contributed by atoms with Gasteiger partial charge in [0.15, 0.2) is 9.84 Å². The number of rotatable bonds is 2. The maximum atomic E-state index is 11.0. The Balaban J connectivity index is 3.17. The summed E-state index contributed by atoms with van der Waals surface area (Å²) in [7, 11) is -3.09. The quantitative estimate of drug-likeness (QED) is 0.651. The number of hydrogen-bond donors (Lipinski definition) is 0. The molecule has 0 unspecified atom stereocenters. The van der Waals surface area contributed by atoms with E-state index in [0.29, 0.717) is 10.6 Å². The predicted molar refractivity (Wildman–Crippen MR) is 48.8 cm³/mol. The summed E-state index contributed by atoms with van der Waals surface area (Å²) in [5.74, 6) is 0. The van der Waals surface area contributed by atoms with Gasteiger partial charge in [-0.1, -0.05) is 0 Å². The lowest BCUT2D eigenvalue weighted by Gasteiger charge is -1.97. The van der Waals surface area contributed by atoms with E-state index in [-0.39, 0.29) is 0 Å². The summed E-state index contributed by atoms with van der Waals surface area (Å²) in [6.07, 6.45) is 1.17. The fourth-order valence-corrected chi connectivity index (χ4v) is 1.43. The first-order valence-electron chi connectivity index (χ1n) is 3.31. The van der Waals surface area contributed by atoms with Gasteiger partial charge in [0.05, 0.1) is 10.6 Å². The molecule has 3 nitrogen and oxygen atoms in total. The molecule has 0 atom stereocenters. The third-order valence-corrected chi connectivity index (χ3v) is 2.58. The van der Waals surface area contributed by atoms with Crippen LogP contribution in [-0.2, 0) is 9.84 Å². The minimum Gasteiger partial charge on any atom is -0.265 e. The number of hydrogen-bond acceptors (Lipinski definition) is 3. The van der Waals surface area contributed by atoms with Gasteiger partial charge < -0.3 is 0 Å². The van der Waals surface area contributed by atoms with Gasteiger partial charge in [-0.05, 0) is 31.0 Å². The lowest BCUT2D eigenvalue weighted by molar-refractivity contribution is 0.602. The summed E-state index contributed by atoms with van der Waals surface area (Å²) in [5, 5.41) is 0. The van der Waals surface area contributed by atoms with E-state index < -0.39 is 9.84 Å². The first-order chi connectivity index (χ1) is 5.54. The summed E-state index contributed by atoms with van der Waals surface area (Å²) in [4.78, 5) is 3.95. The number of nitrogens with zero attached hydrogens (tertiary/aromatic N) is 1. The molecule has 0 heterocycles. The van der Waals surface area contributed by atoms with Crippen LogP contribution in [-0.4, -0.2) is 21.4 Å². The van der Waals surface area contributed by atoms with Crippen molar-refractivity contribution < 1.29 is 8.42 Å². The zero-order chi connectivity index (χ0) is 9.19.